The first-order valence-electron chi connectivity index (χ1n) is 3.75. The molecule has 0 fully saturated rings. The second-order valence-electron chi connectivity index (χ2n) is 1.95. The SMILES string of the molecule is CCOOCC(C#N)=C(SC)SC. The fourth-order valence-electron chi connectivity index (χ4n) is 0.651. The van der Waals surface area contributed by atoms with Gasteiger partial charge in [0.25, 0.3) is 0 Å². The van der Waals surface area contributed by atoms with Crippen molar-refractivity contribution in [1.82, 2.24) is 0 Å². The smallest absolute Gasteiger partial charge is 0.119 e. The summed E-state index contributed by atoms with van der Waals surface area (Å²) in [5, 5.41) is 8.79. The summed E-state index contributed by atoms with van der Waals surface area (Å²) in [7, 11) is 0. The second-order valence-corrected chi connectivity index (χ2v) is 3.85. The van der Waals surface area contributed by atoms with Gasteiger partial charge in [-0.1, -0.05) is 0 Å². The van der Waals surface area contributed by atoms with Gasteiger partial charge in [-0.3, -0.25) is 0 Å². The lowest BCUT2D eigenvalue weighted by Crippen LogP contribution is -1.99. The molecule has 13 heavy (non-hydrogen) atoms. The highest BCUT2D eigenvalue weighted by molar-refractivity contribution is 8.21. The van der Waals surface area contributed by atoms with E-state index in [9.17, 15) is 0 Å². The van der Waals surface area contributed by atoms with Gasteiger partial charge in [0.1, 0.15) is 6.61 Å². The van der Waals surface area contributed by atoms with Crippen LogP contribution in [0.4, 0.5) is 0 Å². The van der Waals surface area contributed by atoms with Gasteiger partial charge in [-0.2, -0.15) is 5.26 Å². The molecule has 0 saturated heterocycles. The van der Waals surface area contributed by atoms with Crippen molar-refractivity contribution in [3.63, 3.8) is 0 Å². The average Bonchev–Trinajstić information content (AvgIpc) is 2.17. The molecule has 74 valence electrons. The van der Waals surface area contributed by atoms with Gasteiger partial charge < -0.3 is 0 Å². The Labute approximate surface area is 87.4 Å². The molecule has 0 saturated carbocycles. The third-order valence-corrected chi connectivity index (χ3v) is 3.39. The molecule has 0 aromatic heterocycles. The zero-order valence-corrected chi connectivity index (χ0v) is 9.63. The molecular weight excluding hydrogens is 206 g/mol. The third-order valence-electron chi connectivity index (χ3n) is 1.16. The second kappa shape index (κ2) is 8.45. The van der Waals surface area contributed by atoms with E-state index in [0.717, 1.165) is 4.24 Å². The number of hydrogen-bond donors (Lipinski definition) is 0. The number of rotatable bonds is 6. The minimum absolute atomic E-state index is 0.224. The lowest BCUT2D eigenvalue weighted by Gasteiger charge is -2.04. The van der Waals surface area contributed by atoms with Gasteiger partial charge in [-0.25, -0.2) is 9.78 Å². The maximum absolute atomic E-state index is 8.79. The molecule has 0 aliphatic heterocycles. The van der Waals surface area contributed by atoms with Gasteiger partial charge in [0.05, 0.1) is 22.5 Å². The van der Waals surface area contributed by atoms with Crippen LogP contribution < -0.4 is 0 Å². The van der Waals surface area contributed by atoms with Gasteiger partial charge >= 0.3 is 0 Å². The van der Waals surface area contributed by atoms with Crippen molar-refractivity contribution in [2.45, 2.75) is 6.92 Å². The summed E-state index contributed by atoms with van der Waals surface area (Å²) < 4.78 is 0.974. The summed E-state index contributed by atoms with van der Waals surface area (Å²) in [6, 6.07) is 2.10. The third kappa shape index (κ3) is 5.21. The lowest BCUT2D eigenvalue weighted by molar-refractivity contribution is -0.283. The predicted octanol–water partition coefficient (Wildman–Crippen LogP) is 2.42. The molecule has 5 heteroatoms. The van der Waals surface area contributed by atoms with E-state index in [2.05, 4.69) is 6.07 Å². The maximum atomic E-state index is 8.79. The monoisotopic (exact) mass is 219 g/mol. The Morgan fingerprint density at radius 2 is 1.92 bits per heavy atom. The van der Waals surface area contributed by atoms with Crippen molar-refractivity contribution in [2.24, 2.45) is 0 Å². The van der Waals surface area contributed by atoms with Crippen LogP contribution in [0.2, 0.25) is 0 Å². The molecule has 0 bridgehead atoms. The Hall–Kier alpha value is -0.150. The van der Waals surface area contributed by atoms with E-state index >= 15 is 0 Å². The van der Waals surface area contributed by atoms with Crippen molar-refractivity contribution in [2.75, 3.05) is 25.7 Å². The Kier molecular flexibility index (Phi) is 8.35. The lowest BCUT2D eigenvalue weighted by atomic mass is 10.4. The normalized spacial score (nSPS) is 9.38. The fourth-order valence-corrected chi connectivity index (χ4v) is 2.02. The standard InChI is InChI=1S/C8H13NO2S2/c1-4-10-11-6-7(5-9)8(12-2)13-3/h4,6H2,1-3H3. The van der Waals surface area contributed by atoms with Crippen molar-refractivity contribution in [3.05, 3.63) is 9.81 Å². The molecule has 3 nitrogen and oxygen atoms in total. The Bertz CT molecular complexity index is 205. The number of thioether (sulfide) groups is 2. The molecule has 0 aliphatic carbocycles. The van der Waals surface area contributed by atoms with Crippen LogP contribution >= 0.6 is 23.5 Å². The average molecular weight is 219 g/mol. The Morgan fingerprint density at radius 1 is 1.31 bits per heavy atom. The van der Waals surface area contributed by atoms with E-state index < -0.39 is 0 Å². The summed E-state index contributed by atoms with van der Waals surface area (Å²) in [5.74, 6) is 0. The molecule has 0 amide bonds. The van der Waals surface area contributed by atoms with E-state index in [1.165, 1.54) is 0 Å². The van der Waals surface area contributed by atoms with Crippen molar-refractivity contribution in [1.29, 1.82) is 5.26 Å². The molecule has 0 rings (SSSR count). The molecule has 0 heterocycles. The van der Waals surface area contributed by atoms with Gasteiger partial charge in [-0.05, 0) is 19.4 Å². The zero-order valence-electron chi connectivity index (χ0n) is 7.99. The molecule has 0 aromatic rings. The van der Waals surface area contributed by atoms with Crippen LogP contribution in [-0.2, 0) is 9.78 Å². The Morgan fingerprint density at radius 3 is 2.31 bits per heavy atom. The van der Waals surface area contributed by atoms with Crippen LogP contribution in [0.25, 0.3) is 0 Å². The quantitative estimate of drug-likeness (QED) is 0.297. The fraction of sp³-hybridized carbons (Fsp3) is 0.625. The molecule has 0 aliphatic rings. The first kappa shape index (κ1) is 12.8. The van der Waals surface area contributed by atoms with Crippen LogP contribution in [0.15, 0.2) is 9.81 Å². The van der Waals surface area contributed by atoms with Gasteiger partial charge in [0.2, 0.25) is 0 Å². The first-order chi connectivity index (χ1) is 6.29. The van der Waals surface area contributed by atoms with Crippen molar-refractivity contribution in [3.8, 4) is 6.07 Å². The molecule has 0 N–H and O–H groups in total. The number of hydrogen-bond acceptors (Lipinski definition) is 5. The van der Waals surface area contributed by atoms with Crippen LogP contribution in [-0.4, -0.2) is 25.7 Å². The minimum atomic E-state index is 0.224. The maximum Gasteiger partial charge on any atom is 0.119 e. The summed E-state index contributed by atoms with van der Waals surface area (Å²) in [4.78, 5) is 9.51. The number of nitriles is 1. The molecule has 0 radical (unpaired) electrons. The van der Waals surface area contributed by atoms with Crippen LogP contribution in [0.3, 0.4) is 0 Å². The van der Waals surface area contributed by atoms with E-state index in [1.54, 1.807) is 23.5 Å². The number of nitrogens with zero attached hydrogens (tertiary/aromatic N) is 1. The van der Waals surface area contributed by atoms with Crippen LogP contribution in [0.1, 0.15) is 6.92 Å². The summed E-state index contributed by atoms with van der Waals surface area (Å²) in [6.07, 6.45) is 3.87. The summed E-state index contributed by atoms with van der Waals surface area (Å²) in [5.41, 5.74) is 0.619. The molecule has 0 spiro atoms. The largest absolute Gasteiger partial charge is 0.237 e. The van der Waals surface area contributed by atoms with Gasteiger partial charge in [-0.15, -0.1) is 23.5 Å². The summed E-state index contributed by atoms with van der Waals surface area (Å²) >= 11 is 3.09. The van der Waals surface area contributed by atoms with E-state index in [4.69, 9.17) is 15.0 Å². The van der Waals surface area contributed by atoms with Crippen molar-refractivity contribution >= 4 is 23.5 Å². The first-order valence-corrected chi connectivity index (χ1v) is 6.20. The van der Waals surface area contributed by atoms with E-state index in [-0.39, 0.29) is 6.61 Å². The van der Waals surface area contributed by atoms with Crippen LogP contribution in [0, 0.1) is 11.3 Å². The van der Waals surface area contributed by atoms with E-state index in [0.29, 0.717) is 12.2 Å². The molecule has 0 unspecified atom stereocenters. The Balaban J connectivity index is 4.15. The molecule has 0 atom stereocenters. The summed E-state index contributed by atoms with van der Waals surface area (Å²) in [6.45, 7) is 2.55. The van der Waals surface area contributed by atoms with E-state index in [1.807, 2.05) is 19.4 Å². The van der Waals surface area contributed by atoms with Gasteiger partial charge in [0, 0.05) is 0 Å². The topological polar surface area (TPSA) is 42.2 Å². The zero-order chi connectivity index (χ0) is 10.1. The van der Waals surface area contributed by atoms with Crippen LogP contribution in [0.5, 0.6) is 0 Å². The highest BCUT2D eigenvalue weighted by Gasteiger charge is 2.04. The van der Waals surface area contributed by atoms with Crippen molar-refractivity contribution < 1.29 is 9.78 Å². The molecule has 0 aromatic carbocycles. The molecular formula is C8H13NO2S2. The van der Waals surface area contributed by atoms with Gasteiger partial charge in [0.15, 0.2) is 0 Å². The minimum Gasteiger partial charge on any atom is -0.237 e. The highest BCUT2D eigenvalue weighted by Crippen LogP contribution is 2.27. The predicted molar refractivity (Wildman–Crippen MR) is 57.2 cm³/mol. The highest BCUT2D eigenvalue weighted by atomic mass is 32.2.